The minimum atomic E-state index is -0.244. The van der Waals surface area contributed by atoms with Gasteiger partial charge in [0.25, 0.3) is 0 Å². The Morgan fingerprint density at radius 2 is 1.85 bits per heavy atom. The maximum Gasteiger partial charge on any atom is 0.171 e. The van der Waals surface area contributed by atoms with Crippen molar-refractivity contribution in [3.05, 3.63) is 65.0 Å². The third-order valence-electron chi connectivity index (χ3n) is 4.76. The quantitative estimate of drug-likeness (QED) is 0.763. The summed E-state index contributed by atoms with van der Waals surface area (Å²) in [5, 5.41) is 6.98. The van der Waals surface area contributed by atoms with E-state index in [-0.39, 0.29) is 11.9 Å². The van der Waals surface area contributed by atoms with Crippen LogP contribution in [0.25, 0.3) is 0 Å². The fourth-order valence-electron chi connectivity index (χ4n) is 3.07. The van der Waals surface area contributed by atoms with Crippen molar-refractivity contribution in [2.45, 2.75) is 19.9 Å². The molecular formula is C21H26FN3OS. The van der Waals surface area contributed by atoms with Crippen LogP contribution in [-0.2, 0) is 4.74 Å². The van der Waals surface area contributed by atoms with Crippen LogP contribution in [0.1, 0.15) is 22.7 Å². The Bertz CT molecular complexity index is 775. The molecule has 1 heterocycles. The predicted octanol–water partition coefficient (Wildman–Crippen LogP) is 3.80. The van der Waals surface area contributed by atoms with Gasteiger partial charge in [0.15, 0.2) is 5.11 Å². The van der Waals surface area contributed by atoms with Crippen LogP contribution in [-0.4, -0.2) is 42.9 Å². The highest BCUT2D eigenvalue weighted by atomic mass is 32.1. The lowest BCUT2D eigenvalue weighted by Crippen LogP contribution is -2.44. The average Bonchev–Trinajstić information content (AvgIpc) is 2.66. The van der Waals surface area contributed by atoms with Crippen molar-refractivity contribution in [1.82, 2.24) is 10.2 Å². The van der Waals surface area contributed by atoms with Crippen LogP contribution in [0.15, 0.2) is 42.5 Å². The molecule has 1 saturated heterocycles. The molecule has 6 heteroatoms. The van der Waals surface area contributed by atoms with Crippen molar-refractivity contribution < 1.29 is 9.13 Å². The van der Waals surface area contributed by atoms with Crippen LogP contribution in [0.5, 0.6) is 0 Å². The molecule has 0 spiro atoms. The molecule has 0 unspecified atom stereocenters. The highest BCUT2D eigenvalue weighted by Crippen LogP contribution is 2.18. The Morgan fingerprint density at radius 3 is 2.52 bits per heavy atom. The predicted molar refractivity (Wildman–Crippen MR) is 112 cm³/mol. The van der Waals surface area contributed by atoms with Crippen LogP contribution in [0.3, 0.4) is 0 Å². The third-order valence-corrected chi connectivity index (χ3v) is 4.98. The standard InChI is InChI=1S/C21H26FN3OS/c1-15-3-6-17(7-4-15)20(14-25-9-11-26-12-10-25)24-21(27)23-18-8-5-16(2)19(22)13-18/h3-8,13,20H,9-12,14H2,1-2H3,(H2,23,24,27)/t20-/m0/s1. The van der Waals surface area contributed by atoms with Crippen LogP contribution < -0.4 is 10.6 Å². The fraction of sp³-hybridized carbons (Fsp3) is 0.381. The summed E-state index contributed by atoms with van der Waals surface area (Å²) in [5.74, 6) is -0.244. The van der Waals surface area contributed by atoms with E-state index in [1.807, 2.05) is 6.07 Å². The molecule has 0 saturated carbocycles. The van der Waals surface area contributed by atoms with E-state index < -0.39 is 0 Å². The summed E-state index contributed by atoms with van der Waals surface area (Å²) in [4.78, 5) is 2.37. The topological polar surface area (TPSA) is 36.5 Å². The number of hydrogen-bond donors (Lipinski definition) is 2. The van der Waals surface area contributed by atoms with Crippen molar-refractivity contribution in [3.8, 4) is 0 Å². The number of nitrogens with zero attached hydrogens (tertiary/aromatic N) is 1. The van der Waals surface area contributed by atoms with Gasteiger partial charge in [0.2, 0.25) is 0 Å². The van der Waals surface area contributed by atoms with Crippen molar-refractivity contribution in [1.29, 1.82) is 0 Å². The Kier molecular flexibility index (Phi) is 6.77. The van der Waals surface area contributed by atoms with Gasteiger partial charge >= 0.3 is 0 Å². The van der Waals surface area contributed by atoms with Crippen LogP contribution in [0, 0.1) is 19.7 Å². The smallest absolute Gasteiger partial charge is 0.171 e. The first-order valence-electron chi connectivity index (χ1n) is 9.21. The molecule has 0 bridgehead atoms. The minimum Gasteiger partial charge on any atom is -0.379 e. The van der Waals surface area contributed by atoms with Gasteiger partial charge < -0.3 is 15.4 Å². The molecule has 1 aliphatic rings. The second-order valence-electron chi connectivity index (χ2n) is 6.94. The zero-order valence-electron chi connectivity index (χ0n) is 15.8. The summed E-state index contributed by atoms with van der Waals surface area (Å²) < 4.78 is 19.2. The van der Waals surface area contributed by atoms with Crippen LogP contribution in [0.4, 0.5) is 10.1 Å². The first-order chi connectivity index (χ1) is 13.0. The lowest BCUT2D eigenvalue weighted by atomic mass is 10.0. The Balaban J connectivity index is 1.70. The summed E-state index contributed by atoms with van der Waals surface area (Å²) >= 11 is 5.49. The SMILES string of the molecule is Cc1ccc([C@H](CN2CCOCC2)NC(=S)Nc2ccc(C)c(F)c2)cc1. The molecule has 0 radical (unpaired) electrons. The largest absolute Gasteiger partial charge is 0.379 e. The maximum atomic E-state index is 13.8. The first kappa shape index (κ1) is 19.7. The third kappa shape index (κ3) is 5.73. The van der Waals surface area contributed by atoms with Crippen molar-refractivity contribution in [2.24, 2.45) is 0 Å². The number of ether oxygens (including phenoxy) is 1. The Labute approximate surface area is 165 Å². The van der Waals surface area contributed by atoms with Gasteiger partial charge in [-0.2, -0.15) is 0 Å². The maximum absolute atomic E-state index is 13.8. The molecule has 0 amide bonds. The number of nitrogens with one attached hydrogen (secondary N) is 2. The molecule has 0 aromatic heterocycles. The number of thiocarbonyl (C=S) groups is 1. The second kappa shape index (κ2) is 9.26. The molecule has 3 rings (SSSR count). The molecule has 2 aromatic carbocycles. The fourth-order valence-corrected chi connectivity index (χ4v) is 3.33. The lowest BCUT2D eigenvalue weighted by molar-refractivity contribution is 0.0344. The number of morpholine rings is 1. The molecule has 144 valence electrons. The van der Waals surface area contributed by atoms with E-state index in [1.54, 1.807) is 13.0 Å². The molecule has 0 aliphatic carbocycles. The van der Waals surface area contributed by atoms with Crippen molar-refractivity contribution >= 4 is 23.0 Å². The lowest BCUT2D eigenvalue weighted by Gasteiger charge is -2.31. The van der Waals surface area contributed by atoms with Gasteiger partial charge in [-0.05, 0) is 49.3 Å². The molecule has 27 heavy (non-hydrogen) atoms. The summed E-state index contributed by atoms with van der Waals surface area (Å²) in [6.45, 7) is 7.98. The van der Waals surface area contributed by atoms with E-state index in [2.05, 4.69) is 46.7 Å². The molecule has 1 aliphatic heterocycles. The summed E-state index contributed by atoms with van der Waals surface area (Å²) in [5.41, 5.74) is 3.65. The van der Waals surface area contributed by atoms with Gasteiger partial charge in [0, 0.05) is 25.3 Å². The second-order valence-corrected chi connectivity index (χ2v) is 7.35. The monoisotopic (exact) mass is 387 g/mol. The molecule has 4 nitrogen and oxygen atoms in total. The highest BCUT2D eigenvalue weighted by Gasteiger charge is 2.19. The number of aryl methyl sites for hydroxylation is 2. The molecule has 2 aromatic rings. The zero-order valence-corrected chi connectivity index (χ0v) is 16.6. The van der Waals surface area contributed by atoms with E-state index in [1.165, 1.54) is 17.2 Å². The van der Waals surface area contributed by atoms with Gasteiger partial charge in [-0.1, -0.05) is 35.9 Å². The van der Waals surface area contributed by atoms with Gasteiger partial charge in [0.1, 0.15) is 5.82 Å². The summed E-state index contributed by atoms with van der Waals surface area (Å²) in [6.07, 6.45) is 0. The van der Waals surface area contributed by atoms with E-state index in [0.717, 1.165) is 32.8 Å². The van der Waals surface area contributed by atoms with Gasteiger partial charge in [0.05, 0.1) is 19.3 Å². The first-order valence-corrected chi connectivity index (χ1v) is 9.62. The van der Waals surface area contributed by atoms with E-state index in [4.69, 9.17) is 17.0 Å². The van der Waals surface area contributed by atoms with Gasteiger partial charge in [-0.3, -0.25) is 4.90 Å². The Hall–Kier alpha value is -2.02. The average molecular weight is 388 g/mol. The highest BCUT2D eigenvalue weighted by molar-refractivity contribution is 7.80. The zero-order chi connectivity index (χ0) is 19.2. The molecule has 1 atom stereocenters. The van der Waals surface area contributed by atoms with E-state index >= 15 is 0 Å². The van der Waals surface area contributed by atoms with E-state index in [9.17, 15) is 4.39 Å². The number of halogens is 1. The van der Waals surface area contributed by atoms with Crippen molar-refractivity contribution in [2.75, 3.05) is 38.2 Å². The number of benzene rings is 2. The Morgan fingerprint density at radius 1 is 1.15 bits per heavy atom. The van der Waals surface area contributed by atoms with Gasteiger partial charge in [-0.25, -0.2) is 4.39 Å². The normalized spacial score (nSPS) is 16.0. The van der Waals surface area contributed by atoms with Crippen LogP contribution in [0.2, 0.25) is 0 Å². The molecule has 1 fully saturated rings. The number of anilines is 1. The summed E-state index contributed by atoms with van der Waals surface area (Å²) in [6, 6.07) is 13.5. The summed E-state index contributed by atoms with van der Waals surface area (Å²) in [7, 11) is 0. The number of rotatable bonds is 5. The van der Waals surface area contributed by atoms with Crippen molar-refractivity contribution in [3.63, 3.8) is 0 Å². The van der Waals surface area contributed by atoms with E-state index in [0.29, 0.717) is 16.4 Å². The van der Waals surface area contributed by atoms with Gasteiger partial charge in [-0.15, -0.1) is 0 Å². The molecular weight excluding hydrogens is 361 g/mol. The minimum absolute atomic E-state index is 0.0407. The number of hydrogen-bond acceptors (Lipinski definition) is 3. The van der Waals surface area contributed by atoms with Crippen LogP contribution >= 0.6 is 12.2 Å². The molecule has 2 N–H and O–H groups in total.